The fraction of sp³-hybridized carbons (Fsp3) is 0.408. The molecule has 12 rings (SSSR count). The molecule has 0 saturated heterocycles. The highest BCUT2D eigenvalue weighted by Gasteiger charge is 2.45. The van der Waals surface area contributed by atoms with Gasteiger partial charge in [-0.1, -0.05) is 132 Å². The number of aromatic nitrogens is 9. The Bertz CT molecular complexity index is 4070. The monoisotopic (exact) mass is 1420 g/mol. The number of alkyl halides is 3. The number of aryl methyl sites for hydroxylation is 6. The van der Waals surface area contributed by atoms with Gasteiger partial charge in [0.1, 0.15) is 36.0 Å². The van der Waals surface area contributed by atoms with Crippen LogP contribution in [0.5, 0.6) is 0 Å². The molecule has 6 atom stereocenters. The predicted molar refractivity (Wildman–Crippen MR) is 380 cm³/mol. The van der Waals surface area contributed by atoms with Crippen molar-refractivity contribution in [2.75, 3.05) is 22.2 Å². The number of benzene rings is 3. The maximum Gasteiger partial charge on any atom is 0.238 e. The van der Waals surface area contributed by atoms with Crippen LogP contribution < -0.4 is 16.0 Å². The summed E-state index contributed by atoms with van der Waals surface area (Å²) in [4.78, 5) is 98.6. The molecular formula is C76H84F4N12O9S. The van der Waals surface area contributed by atoms with Crippen LogP contribution in [-0.2, 0) is 49.9 Å². The topological polar surface area (TPSA) is 294 Å². The van der Waals surface area contributed by atoms with Gasteiger partial charge in [-0.3, -0.25) is 28.8 Å². The molecule has 26 heteroatoms. The Labute approximate surface area is 593 Å². The molecule has 3 aliphatic carbocycles. The van der Waals surface area contributed by atoms with Gasteiger partial charge in [0.2, 0.25) is 70.2 Å². The predicted octanol–water partition coefficient (Wildman–Crippen LogP) is 15.8. The molecule has 3 aliphatic rings. The normalized spacial score (nSPS) is 17.3. The summed E-state index contributed by atoms with van der Waals surface area (Å²) >= 11 is 0.250. The number of carbonyl (C=O) groups is 6. The number of nitrogens with one attached hydrogen (secondary N) is 3. The lowest BCUT2D eigenvalue weighted by Crippen LogP contribution is -2.15. The summed E-state index contributed by atoms with van der Waals surface area (Å²) in [5.41, 5.74) is 10.9. The molecule has 0 spiro atoms. The smallest absolute Gasteiger partial charge is 0.238 e. The van der Waals surface area contributed by atoms with Crippen LogP contribution in [0.25, 0.3) is 33.4 Å². The van der Waals surface area contributed by atoms with Gasteiger partial charge in [-0.25, -0.2) is 28.1 Å². The second-order valence-electron chi connectivity index (χ2n) is 28.7. The Morgan fingerprint density at radius 2 is 0.657 bits per heavy atom. The van der Waals surface area contributed by atoms with Crippen molar-refractivity contribution in [1.29, 1.82) is 0 Å². The molecule has 6 aromatic heterocycles. The van der Waals surface area contributed by atoms with E-state index >= 15 is 0 Å². The highest BCUT2D eigenvalue weighted by atomic mass is 32.2. The fourth-order valence-corrected chi connectivity index (χ4v) is 10.5. The molecule has 21 nitrogen and oxygen atoms in total. The molecule has 0 bridgehead atoms. The number of carbonyl (C=O) groups excluding carboxylic acids is 6. The second-order valence-corrected chi connectivity index (χ2v) is 29.0. The number of ketones is 3. The third kappa shape index (κ3) is 20.8. The van der Waals surface area contributed by atoms with Gasteiger partial charge in [0, 0.05) is 72.5 Å². The summed E-state index contributed by atoms with van der Waals surface area (Å²) in [6.45, 7) is 23.5. The van der Waals surface area contributed by atoms with Crippen molar-refractivity contribution in [2.24, 2.45) is 17.8 Å². The molecule has 102 heavy (non-hydrogen) atoms. The van der Waals surface area contributed by atoms with Crippen LogP contribution >= 0.6 is 12.1 Å². The zero-order valence-electron chi connectivity index (χ0n) is 59.3. The molecule has 3 saturated carbocycles. The van der Waals surface area contributed by atoms with Crippen LogP contribution in [0.1, 0.15) is 184 Å². The van der Waals surface area contributed by atoms with E-state index in [1.165, 1.54) is 6.26 Å². The van der Waals surface area contributed by atoms with Crippen LogP contribution in [0.15, 0.2) is 123 Å². The first-order valence-electron chi connectivity index (χ1n) is 33.6. The summed E-state index contributed by atoms with van der Waals surface area (Å²) in [6, 6.07) is 28.9. The minimum absolute atomic E-state index is 0.117. The minimum atomic E-state index is -1.05. The summed E-state index contributed by atoms with van der Waals surface area (Å²) in [5.74, 6) is -0.262. The largest absolute Gasteiger partial charge is 0.338 e. The molecule has 3 amide bonds. The van der Waals surface area contributed by atoms with E-state index in [9.17, 15) is 45.8 Å². The van der Waals surface area contributed by atoms with E-state index in [4.69, 9.17) is 13.6 Å². The van der Waals surface area contributed by atoms with Gasteiger partial charge in [0.15, 0.2) is 0 Å². The van der Waals surface area contributed by atoms with Crippen molar-refractivity contribution < 1.29 is 59.4 Å². The number of amides is 3. The lowest BCUT2D eigenvalue weighted by molar-refractivity contribution is -0.118. The zero-order chi connectivity index (χ0) is 74.0. The number of pyridine rings is 3. The van der Waals surface area contributed by atoms with Crippen molar-refractivity contribution in [1.82, 2.24) is 45.4 Å². The van der Waals surface area contributed by atoms with Crippen LogP contribution in [0.2, 0.25) is 0 Å². The summed E-state index contributed by atoms with van der Waals surface area (Å²) in [6.07, 6.45) is 6.45. The van der Waals surface area contributed by atoms with E-state index in [1.807, 2.05) is 156 Å². The van der Waals surface area contributed by atoms with Crippen molar-refractivity contribution in [3.63, 3.8) is 0 Å². The maximum atomic E-state index is 13.1. The van der Waals surface area contributed by atoms with E-state index in [2.05, 4.69) is 61.3 Å². The summed E-state index contributed by atoms with van der Waals surface area (Å²) in [5, 5.41) is 19.5. The number of nitrogens with zero attached hydrogens (tertiary/aromatic N) is 9. The van der Waals surface area contributed by atoms with Gasteiger partial charge in [-0.05, 0) is 162 Å². The van der Waals surface area contributed by atoms with Crippen LogP contribution in [-0.4, -0.2) is 105 Å². The number of Topliss-reactive ketones (excluding diaryl/α,β-unsaturated/α-hetero) is 3. The van der Waals surface area contributed by atoms with Gasteiger partial charge in [-0.2, -0.15) is 18.8 Å². The lowest BCUT2D eigenvalue weighted by atomic mass is 9.96. The highest BCUT2D eigenvalue weighted by molar-refractivity contribution is 7.93. The average molecular weight is 1420 g/mol. The first-order chi connectivity index (χ1) is 48.3. The van der Waals surface area contributed by atoms with Gasteiger partial charge in [0.05, 0.1) is 17.8 Å². The SMILES string of the molecule is CSF.Cc1cc(-c2ccnc(NC(=O)[C@@H]3C[C@@H]3F)c2)ccc1CCC(=O)c1noc(C(C)(C)C)n1.Cc1cc(-c2ccnc(NC(=O)[C@@H]3C[C@@H]3F)c2)ccc1CCC(=O)c1noc(C(C)(C)C)n1.Cc1cc(-c2ccnc(NC(=O)[C@H]3C[C@H]3F)c2)ccc1CCC(=O)c1noc(C(C)(C)C)n1. The van der Waals surface area contributed by atoms with E-state index < -0.39 is 36.3 Å². The van der Waals surface area contributed by atoms with Crippen LogP contribution in [0.3, 0.4) is 0 Å². The quantitative estimate of drug-likeness (QED) is 0.0445. The molecule has 9 aromatic rings. The van der Waals surface area contributed by atoms with Gasteiger partial charge in [0.25, 0.3) is 0 Å². The Balaban J connectivity index is 0.000000174. The van der Waals surface area contributed by atoms with Crippen molar-refractivity contribution >= 4 is 64.7 Å². The number of halogens is 4. The minimum Gasteiger partial charge on any atom is -0.338 e. The first kappa shape index (κ1) is 76.2. The maximum absolute atomic E-state index is 13.1. The molecule has 536 valence electrons. The lowest BCUT2D eigenvalue weighted by Gasteiger charge is -2.10. The van der Waals surface area contributed by atoms with Crippen molar-refractivity contribution in [2.45, 2.75) is 176 Å². The van der Waals surface area contributed by atoms with Crippen molar-refractivity contribution in [3.05, 3.63) is 178 Å². The molecule has 0 unspecified atom stereocenters. The Morgan fingerprint density at radius 1 is 0.422 bits per heavy atom. The van der Waals surface area contributed by atoms with Crippen LogP contribution in [0.4, 0.5) is 34.5 Å². The van der Waals surface area contributed by atoms with Gasteiger partial charge >= 0.3 is 0 Å². The van der Waals surface area contributed by atoms with Crippen LogP contribution in [0, 0.1) is 38.5 Å². The fourth-order valence-electron chi connectivity index (χ4n) is 10.5. The molecular weight excluding hydrogens is 1330 g/mol. The van der Waals surface area contributed by atoms with E-state index in [0.717, 1.165) is 66.8 Å². The van der Waals surface area contributed by atoms with E-state index in [0.29, 0.717) is 54.4 Å². The van der Waals surface area contributed by atoms with Crippen molar-refractivity contribution in [3.8, 4) is 33.4 Å². The third-order valence-corrected chi connectivity index (χ3v) is 17.0. The molecule has 3 aromatic carbocycles. The van der Waals surface area contributed by atoms with Gasteiger partial charge < -0.3 is 29.5 Å². The van der Waals surface area contributed by atoms with E-state index in [-0.39, 0.29) is 119 Å². The molecule has 6 heterocycles. The molecule has 3 fully saturated rings. The molecule has 0 aliphatic heterocycles. The molecule has 3 N–H and O–H groups in total. The Morgan fingerprint density at radius 3 is 0.863 bits per heavy atom. The first-order valence-corrected chi connectivity index (χ1v) is 34.7. The van der Waals surface area contributed by atoms with E-state index in [1.54, 1.807) is 36.8 Å². The number of anilines is 3. The average Bonchev–Trinajstić information content (AvgIpc) is 1.17. The second kappa shape index (κ2) is 32.8. The number of rotatable bonds is 21. The summed E-state index contributed by atoms with van der Waals surface area (Å²) in [7, 11) is 0. The summed E-state index contributed by atoms with van der Waals surface area (Å²) < 4.78 is 65.1. The Hall–Kier alpha value is -9.98. The number of hydrogen-bond acceptors (Lipinski definition) is 19. The Kier molecular flexibility index (Phi) is 24.5. The van der Waals surface area contributed by atoms with Gasteiger partial charge in [-0.15, -0.1) is 0 Å². The standard InChI is InChI=1S/3C25H27FN4O3.CH3FS/c3*1-14-11-16(17-9-10-27-21(12-17)28-23(32)18-13-19(18)26)6-5-15(14)7-8-20(31)22-29-24(33-30-22)25(2,3)4;1-3-2/h3*5-6,9-12,18-19H,7-8,13H2,1-4H3,(H,27,28,32);1H3/t3*18-,19+;/m110./s1. The number of hydrogen-bond donors (Lipinski definition) is 3. The third-order valence-electron chi connectivity index (χ3n) is 17.0. The highest BCUT2D eigenvalue weighted by Crippen LogP contribution is 2.38. The zero-order valence-corrected chi connectivity index (χ0v) is 60.2. The molecule has 0 radical (unpaired) electrons.